The zero-order chi connectivity index (χ0) is 10.4. The molecule has 0 bridgehead atoms. The van der Waals surface area contributed by atoms with Crippen LogP contribution in [0.3, 0.4) is 0 Å². The van der Waals surface area contributed by atoms with E-state index in [1.807, 2.05) is 0 Å². The van der Waals surface area contributed by atoms with Crippen LogP contribution in [0, 0.1) is 0 Å². The van der Waals surface area contributed by atoms with Crippen LogP contribution in [0.1, 0.15) is 26.2 Å². The molecule has 82 valence electrons. The lowest BCUT2D eigenvalue weighted by atomic mass is 10.1. The molecule has 1 rings (SSSR count). The van der Waals surface area contributed by atoms with Gasteiger partial charge in [-0.2, -0.15) is 0 Å². The number of carbonyl (C=O) groups excluding carboxylic acids is 1. The molecule has 1 unspecified atom stereocenters. The summed E-state index contributed by atoms with van der Waals surface area (Å²) in [5, 5.41) is 3.02. The SMILES string of the molecule is CCN1CCCC(NC(=O)CCN)C1. The molecule has 1 aliphatic heterocycles. The predicted octanol–water partition coefficient (Wildman–Crippen LogP) is -0.0643. The highest BCUT2D eigenvalue weighted by molar-refractivity contribution is 5.76. The van der Waals surface area contributed by atoms with Crippen LogP contribution < -0.4 is 11.1 Å². The number of nitrogens with two attached hydrogens (primary N) is 1. The minimum absolute atomic E-state index is 0.0930. The topological polar surface area (TPSA) is 58.4 Å². The maximum absolute atomic E-state index is 11.3. The number of rotatable bonds is 4. The summed E-state index contributed by atoms with van der Waals surface area (Å²) in [5.74, 6) is 0.0930. The molecule has 0 spiro atoms. The Bertz CT molecular complexity index is 184. The largest absolute Gasteiger partial charge is 0.352 e. The Kier molecular flexibility index (Phi) is 4.90. The highest BCUT2D eigenvalue weighted by Gasteiger charge is 2.19. The second-order valence-electron chi connectivity index (χ2n) is 3.84. The van der Waals surface area contributed by atoms with Crippen molar-refractivity contribution in [2.24, 2.45) is 5.73 Å². The van der Waals surface area contributed by atoms with Crippen LogP contribution in [0.2, 0.25) is 0 Å². The first kappa shape index (κ1) is 11.5. The van der Waals surface area contributed by atoms with Gasteiger partial charge in [0.1, 0.15) is 0 Å². The fourth-order valence-corrected chi connectivity index (χ4v) is 1.89. The molecule has 3 N–H and O–H groups in total. The normalized spacial score (nSPS) is 23.4. The smallest absolute Gasteiger partial charge is 0.221 e. The molecule has 1 heterocycles. The van der Waals surface area contributed by atoms with Crippen molar-refractivity contribution in [1.29, 1.82) is 0 Å². The minimum atomic E-state index is 0.0930. The van der Waals surface area contributed by atoms with Crippen molar-refractivity contribution in [1.82, 2.24) is 10.2 Å². The standard InChI is InChI=1S/C10H21N3O/c1-2-13-7-3-4-9(8-13)12-10(14)5-6-11/h9H,2-8,11H2,1H3,(H,12,14). The van der Waals surface area contributed by atoms with E-state index in [4.69, 9.17) is 5.73 Å². The molecule has 1 saturated heterocycles. The van der Waals surface area contributed by atoms with E-state index in [-0.39, 0.29) is 5.91 Å². The highest BCUT2D eigenvalue weighted by atomic mass is 16.1. The summed E-state index contributed by atoms with van der Waals surface area (Å²) < 4.78 is 0. The van der Waals surface area contributed by atoms with Crippen LogP contribution in [-0.4, -0.2) is 43.0 Å². The lowest BCUT2D eigenvalue weighted by Crippen LogP contribution is -2.47. The number of carbonyl (C=O) groups is 1. The molecule has 0 aromatic carbocycles. The van der Waals surface area contributed by atoms with Gasteiger partial charge >= 0.3 is 0 Å². The summed E-state index contributed by atoms with van der Waals surface area (Å²) in [5.41, 5.74) is 5.32. The van der Waals surface area contributed by atoms with E-state index < -0.39 is 0 Å². The Labute approximate surface area is 85.8 Å². The summed E-state index contributed by atoms with van der Waals surface area (Å²) >= 11 is 0. The minimum Gasteiger partial charge on any atom is -0.352 e. The van der Waals surface area contributed by atoms with E-state index >= 15 is 0 Å². The Morgan fingerprint density at radius 3 is 3.07 bits per heavy atom. The summed E-state index contributed by atoms with van der Waals surface area (Å²) in [7, 11) is 0. The van der Waals surface area contributed by atoms with Gasteiger partial charge in [0.25, 0.3) is 0 Å². The first-order valence-electron chi connectivity index (χ1n) is 5.48. The second-order valence-corrected chi connectivity index (χ2v) is 3.84. The van der Waals surface area contributed by atoms with Gasteiger partial charge in [0.2, 0.25) is 5.91 Å². The second kappa shape index (κ2) is 5.98. The van der Waals surface area contributed by atoms with Gasteiger partial charge < -0.3 is 16.0 Å². The molecule has 14 heavy (non-hydrogen) atoms. The third kappa shape index (κ3) is 3.64. The Hall–Kier alpha value is -0.610. The monoisotopic (exact) mass is 199 g/mol. The molecular weight excluding hydrogens is 178 g/mol. The van der Waals surface area contributed by atoms with E-state index in [0.29, 0.717) is 19.0 Å². The molecule has 4 heteroatoms. The van der Waals surface area contributed by atoms with Crippen LogP contribution in [0.4, 0.5) is 0 Å². The lowest BCUT2D eigenvalue weighted by molar-refractivity contribution is -0.121. The summed E-state index contributed by atoms with van der Waals surface area (Å²) in [6.07, 6.45) is 2.73. The average molecular weight is 199 g/mol. The van der Waals surface area contributed by atoms with Crippen molar-refractivity contribution in [3.05, 3.63) is 0 Å². The molecule has 0 aromatic rings. The average Bonchev–Trinajstić information content (AvgIpc) is 2.18. The van der Waals surface area contributed by atoms with E-state index in [2.05, 4.69) is 17.1 Å². The van der Waals surface area contributed by atoms with Crippen LogP contribution >= 0.6 is 0 Å². The van der Waals surface area contributed by atoms with Gasteiger partial charge in [-0.15, -0.1) is 0 Å². The van der Waals surface area contributed by atoms with Gasteiger partial charge in [-0.1, -0.05) is 6.92 Å². The number of hydrogen-bond donors (Lipinski definition) is 2. The molecule has 0 aliphatic carbocycles. The number of nitrogens with one attached hydrogen (secondary N) is 1. The van der Waals surface area contributed by atoms with Gasteiger partial charge in [0.15, 0.2) is 0 Å². The van der Waals surface area contributed by atoms with Gasteiger partial charge in [-0.25, -0.2) is 0 Å². The van der Waals surface area contributed by atoms with Crippen LogP contribution in [-0.2, 0) is 4.79 Å². The van der Waals surface area contributed by atoms with Crippen molar-refractivity contribution in [2.45, 2.75) is 32.2 Å². The first-order chi connectivity index (χ1) is 6.76. The van der Waals surface area contributed by atoms with Gasteiger partial charge in [-0.3, -0.25) is 4.79 Å². The maximum atomic E-state index is 11.3. The molecular formula is C10H21N3O. The van der Waals surface area contributed by atoms with E-state index in [1.165, 1.54) is 13.0 Å². The molecule has 4 nitrogen and oxygen atoms in total. The molecule has 1 aliphatic rings. The Morgan fingerprint density at radius 2 is 2.43 bits per heavy atom. The van der Waals surface area contributed by atoms with Crippen molar-refractivity contribution in [2.75, 3.05) is 26.2 Å². The van der Waals surface area contributed by atoms with Crippen LogP contribution in [0.15, 0.2) is 0 Å². The van der Waals surface area contributed by atoms with Crippen molar-refractivity contribution in [3.63, 3.8) is 0 Å². The maximum Gasteiger partial charge on any atom is 0.221 e. The number of piperidine rings is 1. The molecule has 0 radical (unpaired) electrons. The zero-order valence-electron chi connectivity index (χ0n) is 8.96. The lowest BCUT2D eigenvalue weighted by Gasteiger charge is -2.32. The first-order valence-corrected chi connectivity index (χ1v) is 5.48. The molecule has 1 atom stereocenters. The van der Waals surface area contributed by atoms with E-state index in [0.717, 1.165) is 19.5 Å². The van der Waals surface area contributed by atoms with Gasteiger partial charge in [-0.05, 0) is 25.9 Å². The van der Waals surface area contributed by atoms with Crippen LogP contribution in [0.25, 0.3) is 0 Å². The van der Waals surface area contributed by atoms with Crippen molar-refractivity contribution >= 4 is 5.91 Å². The highest BCUT2D eigenvalue weighted by Crippen LogP contribution is 2.09. The summed E-state index contributed by atoms with van der Waals surface area (Å²) in [4.78, 5) is 13.7. The molecule has 1 amide bonds. The van der Waals surface area contributed by atoms with E-state index in [1.54, 1.807) is 0 Å². The fourth-order valence-electron chi connectivity index (χ4n) is 1.89. The number of nitrogens with zero attached hydrogens (tertiary/aromatic N) is 1. The Balaban J connectivity index is 2.26. The van der Waals surface area contributed by atoms with Crippen molar-refractivity contribution in [3.8, 4) is 0 Å². The third-order valence-corrected chi connectivity index (χ3v) is 2.69. The molecule has 0 aromatic heterocycles. The predicted molar refractivity (Wildman–Crippen MR) is 57.0 cm³/mol. The number of amides is 1. The van der Waals surface area contributed by atoms with E-state index in [9.17, 15) is 4.79 Å². The summed E-state index contributed by atoms with van der Waals surface area (Å²) in [6, 6.07) is 0.336. The quantitative estimate of drug-likeness (QED) is 0.666. The van der Waals surface area contributed by atoms with Crippen LogP contribution in [0.5, 0.6) is 0 Å². The summed E-state index contributed by atoms with van der Waals surface area (Å²) in [6.45, 7) is 5.83. The fraction of sp³-hybridized carbons (Fsp3) is 0.900. The number of likely N-dealkylation sites (tertiary alicyclic amines) is 1. The third-order valence-electron chi connectivity index (χ3n) is 2.69. The zero-order valence-corrected chi connectivity index (χ0v) is 8.96. The Morgan fingerprint density at radius 1 is 1.64 bits per heavy atom. The molecule has 1 fully saturated rings. The number of hydrogen-bond acceptors (Lipinski definition) is 3. The molecule has 0 saturated carbocycles. The van der Waals surface area contributed by atoms with Gasteiger partial charge in [0, 0.05) is 25.6 Å². The number of likely N-dealkylation sites (N-methyl/N-ethyl adjacent to an activating group) is 1. The van der Waals surface area contributed by atoms with Gasteiger partial charge in [0.05, 0.1) is 0 Å². The van der Waals surface area contributed by atoms with Crippen molar-refractivity contribution < 1.29 is 4.79 Å².